The van der Waals surface area contributed by atoms with Crippen molar-refractivity contribution >= 4 is 12.4 Å². The van der Waals surface area contributed by atoms with Gasteiger partial charge in [-0.25, -0.2) is 0 Å². The highest BCUT2D eigenvalue weighted by atomic mass is 35.5. The molecule has 0 N–H and O–H groups in total. The van der Waals surface area contributed by atoms with Gasteiger partial charge in [-0.15, -0.1) is 12.4 Å². The highest BCUT2D eigenvalue weighted by Gasteiger charge is 2.07. The lowest BCUT2D eigenvalue weighted by Crippen LogP contribution is -1.77. The summed E-state index contributed by atoms with van der Waals surface area (Å²) in [7, 11) is 0. The largest absolute Gasteiger partial charge is 0.147 e. The fourth-order valence-electron chi connectivity index (χ4n) is 1.51. The Labute approximate surface area is 67.7 Å². The van der Waals surface area contributed by atoms with E-state index in [1.807, 2.05) is 0 Å². The lowest BCUT2D eigenvalue weighted by atomic mass is 10.1. The Morgan fingerprint density at radius 3 is 1.90 bits per heavy atom. The predicted octanol–water partition coefficient (Wildman–Crippen LogP) is 2.60. The molecule has 1 heteroatoms. The van der Waals surface area contributed by atoms with Gasteiger partial charge in [-0.2, -0.15) is 0 Å². The van der Waals surface area contributed by atoms with Crippen LogP contribution < -0.4 is 0 Å². The molecule has 0 spiro atoms. The van der Waals surface area contributed by atoms with Gasteiger partial charge < -0.3 is 0 Å². The van der Waals surface area contributed by atoms with E-state index < -0.39 is 0 Å². The third-order valence-corrected chi connectivity index (χ3v) is 2.01. The van der Waals surface area contributed by atoms with Crippen molar-refractivity contribution in [3.8, 4) is 0 Å². The third kappa shape index (κ3) is 1.17. The Balaban J connectivity index is 0.000000500. The summed E-state index contributed by atoms with van der Waals surface area (Å²) in [5, 5.41) is 0. The van der Waals surface area contributed by atoms with Gasteiger partial charge in [0.15, 0.2) is 0 Å². The minimum absolute atomic E-state index is 0. The first-order valence-electron chi connectivity index (χ1n) is 3.53. The second-order valence-corrected chi connectivity index (χ2v) is 2.62. The zero-order valence-corrected chi connectivity index (χ0v) is 6.66. The summed E-state index contributed by atoms with van der Waals surface area (Å²) < 4.78 is 0. The Morgan fingerprint density at radius 1 is 0.900 bits per heavy atom. The highest BCUT2D eigenvalue weighted by Crippen LogP contribution is 2.20. The molecule has 1 aliphatic carbocycles. The molecule has 0 bridgehead atoms. The summed E-state index contributed by atoms with van der Waals surface area (Å²) in [6.07, 6.45) is 3.96. The molecule has 0 unspecified atom stereocenters. The number of hydrogen-bond donors (Lipinski definition) is 0. The second-order valence-electron chi connectivity index (χ2n) is 2.62. The van der Waals surface area contributed by atoms with Crippen LogP contribution in [0, 0.1) is 0 Å². The van der Waals surface area contributed by atoms with Crippen molar-refractivity contribution in [2.45, 2.75) is 19.3 Å². The molecule has 0 amide bonds. The van der Waals surface area contributed by atoms with Crippen LogP contribution in [-0.2, 0) is 12.8 Å². The summed E-state index contributed by atoms with van der Waals surface area (Å²) in [5.41, 5.74) is 3.13. The summed E-state index contributed by atoms with van der Waals surface area (Å²) in [5.74, 6) is 0. The number of rotatable bonds is 0. The van der Waals surface area contributed by atoms with Gasteiger partial charge in [0.05, 0.1) is 0 Å². The fraction of sp³-hybridized carbons (Fsp3) is 0.333. The Hall–Kier alpha value is -0.490. The smallest absolute Gasteiger partial charge is 0.0273 e. The maximum absolute atomic E-state index is 2.24. The van der Waals surface area contributed by atoms with Gasteiger partial charge in [-0.05, 0) is 30.4 Å². The van der Waals surface area contributed by atoms with E-state index >= 15 is 0 Å². The molecule has 0 heterocycles. The lowest BCUT2D eigenvalue weighted by molar-refractivity contribution is 0.912. The summed E-state index contributed by atoms with van der Waals surface area (Å²) in [4.78, 5) is 0. The number of benzene rings is 1. The average Bonchev–Trinajstić information content (AvgIpc) is 2.33. The van der Waals surface area contributed by atoms with Gasteiger partial charge >= 0.3 is 0 Å². The first-order chi connectivity index (χ1) is 4.47. The quantitative estimate of drug-likeness (QED) is 0.539. The van der Waals surface area contributed by atoms with Gasteiger partial charge in [0.2, 0.25) is 0 Å². The molecule has 54 valence electrons. The molecule has 0 aromatic heterocycles. The van der Waals surface area contributed by atoms with E-state index in [0.717, 1.165) is 0 Å². The second kappa shape index (κ2) is 3.07. The van der Waals surface area contributed by atoms with Crippen molar-refractivity contribution in [2.75, 3.05) is 0 Å². The first-order valence-corrected chi connectivity index (χ1v) is 3.53. The van der Waals surface area contributed by atoms with Gasteiger partial charge in [-0.3, -0.25) is 0 Å². The van der Waals surface area contributed by atoms with Gasteiger partial charge in [-0.1, -0.05) is 24.3 Å². The van der Waals surface area contributed by atoms with E-state index in [-0.39, 0.29) is 12.4 Å². The van der Waals surface area contributed by atoms with Crippen LogP contribution in [0.15, 0.2) is 24.3 Å². The molecular formula is C9H11Cl. The summed E-state index contributed by atoms with van der Waals surface area (Å²) in [6, 6.07) is 8.74. The van der Waals surface area contributed by atoms with Crippen LogP contribution >= 0.6 is 12.4 Å². The molecule has 0 fully saturated rings. The number of hydrogen-bond acceptors (Lipinski definition) is 0. The van der Waals surface area contributed by atoms with Crippen molar-refractivity contribution in [1.82, 2.24) is 0 Å². The van der Waals surface area contributed by atoms with Crippen LogP contribution in [0.3, 0.4) is 0 Å². The maximum atomic E-state index is 2.24. The van der Waals surface area contributed by atoms with Crippen LogP contribution in [0.25, 0.3) is 0 Å². The van der Waals surface area contributed by atoms with E-state index in [1.54, 1.807) is 11.1 Å². The Kier molecular flexibility index (Phi) is 2.34. The van der Waals surface area contributed by atoms with Gasteiger partial charge in [0, 0.05) is 0 Å². The van der Waals surface area contributed by atoms with Crippen molar-refractivity contribution < 1.29 is 0 Å². The molecule has 1 aromatic carbocycles. The molecule has 1 aliphatic rings. The zero-order chi connectivity index (χ0) is 6.10. The molecule has 2 rings (SSSR count). The van der Waals surface area contributed by atoms with Crippen LogP contribution in [0.4, 0.5) is 0 Å². The van der Waals surface area contributed by atoms with Crippen molar-refractivity contribution in [3.63, 3.8) is 0 Å². The fourth-order valence-corrected chi connectivity index (χ4v) is 1.51. The number of halogens is 1. The van der Waals surface area contributed by atoms with E-state index in [0.29, 0.717) is 0 Å². The summed E-state index contributed by atoms with van der Waals surface area (Å²) in [6.45, 7) is 0. The highest BCUT2D eigenvalue weighted by molar-refractivity contribution is 5.85. The monoisotopic (exact) mass is 154 g/mol. The van der Waals surface area contributed by atoms with Crippen molar-refractivity contribution in [1.29, 1.82) is 0 Å². The van der Waals surface area contributed by atoms with Crippen LogP contribution in [0.2, 0.25) is 0 Å². The lowest BCUT2D eigenvalue weighted by Gasteiger charge is -1.93. The van der Waals surface area contributed by atoms with Crippen molar-refractivity contribution in [3.05, 3.63) is 35.4 Å². The van der Waals surface area contributed by atoms with Gasteiger partial charge in [0.25, 0.3) is 0 Å². The van der Waals surface area contributed by atoms with Gasteiger partial charge in [0.1, 0.15) is 0 Å². The molecule has 0 saturated heterocycles. The first kappa shape index (κ1) is 7.62. The molecule has 0 nitrogen and oxygen atoms in total. The average molecular weight is 155 g/mol. The summed E-state index contributed by atoms with van der Waals surface area (Å²) >= 11 is 0. The van der Waals surface area contributed by atoms with E-state index in [2.05, 4.69) is 24.3 Å². The SMILES string of the molecule is Cl.c1ccc2c(c1)CCC2. The molecule has 0 aliphatic heterocycles. The van der Waals surface area contributed by atoms with E-state index in [4.69, 9.17) is 0 Å². The topological polar surface area (TPSA) is 0 Å². The minimum Gasteiger partial charge on any atom is -0.147 e. The molecular weight excluding hydrogens is 144 g/mol. The van der Waals surface area contributed by atoms with Crippen LogP contribution in [0.1, 0.15) is 17.5 Å². The maximum Gasteiger partial charge on any atom is -0.0273 e. The van der Waals surface area contributed by atoms with Crippen LogP contribution in [-0.4, -0.2) is 0 Å². The standard InChI is InChI=1S/C9H10.ClH/c1-2-5-9-7-3-6-8(9)4-1;/h1-2,4-5H,3,6-7H2;1H. The van der Waals surface area contributed by atoms with E-state index in [9.17, 15) is 0 Å². The number of fused-ring (bicyclic) bond motifs is 1. The minimum atomic E-state index is 0. The normalized spacial score (nSPS) is 14.0. The predicted molar refractivity (Wildman–Crippen MR) is 45.7 cm³/mol. The molecule has 10 heavy (non-hydrogen) atoms. The Morgan fingerprint density at radius 2 is 1.40 bits per heavy atom. The Bertz CT molecular complexity index is 195. The zero-order valence-electron chi connectivity index (χ0n) is 5.84. The molecule has 0 atom stereocenters. The van der Waals surface area contributed by atoms with Crippen LogP contribution in [0.5, 0.6) is 0 Å². The molecule has 1 aromatic rings. The molecule has 0 saturated carbocycles. The third-order valence-electron chi connectivity index (χ3n) is 2.01. The van der Waals surface area contributed by atoms with E-state index in [1.165, 1.54) is 19.3 Å². The number of aryl methyl sites for hydroxylation is 2. The molecule has 0 radical (unpaired) electrons. The van der Waals surface area contributed by atoms with Crippen molar-refractivity contribution in [2.24, 2.45) is 0 Å².